The second-order valence-electron chi connectivity index (χ2n) is 4.33. The summed E-state index contributed by atoms with van der Waals surface area (Å²) in [5.41, 5.74) is 0.941. The first-order valence-corrected chi connectivity index (χ1v) is 5.42. The molecule has 0 amide bonds. The minimum Gasteiger partial charge on any atom is -0.481 e. The van der Waals surface area contributed by atoms with Crippen LogP contribution in [0, 0.1) is 6.92 Å². The van der Waals surface area contributed by atoms with E-state index in [1.54, 1.807) is 6.92 Å². The summed E-state index contributed by atoms with van der Waals surface area (Å²) < 4.78 is 0. The topological polar surface area (TPSA) is 57.5 Å². The Kier molecular flexibility index (Phi) is 4.07. The molecule has 3 nitrogen and oxygen atoms in total. The molecule has 1 unspecified atom stereocenters. The summed E-state index contributed by atoms with van der Waals surface area (Å²) in [7, 11) is 0. The Morgan fingerprint density at radius 3 is 2.62 bits per heavy atom. The van der Waals surface area contributed by atoms with Gasteiger partial charge in [-0.2, -0.15) is 0 Å². The van der Waals surface area contributed by atoms with Crippen molar-refractivity contribution in [3.63, 3.8) is 0 Å². The molecule has 1 atom stereocenters. The quantitative estimate of drug-likeness (QED) is 0.802. The number of rotatable bonds is 5. The van der Waals surface area contributed by atoms with Crippen molar-refractivity contribution in [3.8, 4) is 0 Å². The molecule has 0 aromatic heterocycles. The van der Waals surface area contributed by atoms with E-state index in [0.29, 0.717) is 12.8 Å². The highest BCUT2D eigenvalue weighted by molar-refractivity contribution is 5.80. The molecular formula is C13H18O3. The van der Waals surface area contributed by atoms with Gasteiger partial charge in [-0.25, -0.2) is 0 Å². The third kappa shape index (κ3) is 2.61. The largest absolute Gasteiger partial charge is 0.481 e. The molecule has 2 N–H and O–H groups in total. The van der Waals surface area contributed by atoms with Crippen molar-refractivity contribution in [2.45, 2.75) is 32.1 Å². The maximum Gasteiger partial charge on any atom is 0.313 e. The lowest BCUT2D eigenvalue weighted by Crippen LogP contribution is -2.32. The van der Waals surface area contributed by atoms with Gasteiger partial charge in [0.2, 0.25) is 0 Å². The van der Waals surface area contributed by atoms with Gasteiger partial charge in [-0.1, -0.05) is 29.8 Å². The van der Waals surface area contributed by atoms with Crippen LogP contribution in [-0.4, -0.2) is 22.8 Å². The summed E-state index contributed by atoms with van der Waals surface area (Å²) in [6.07, 6.45) is 0.943. The minimum absolute atomic E-state index is 0.0225. The summed E-state index contributed by atoms with van der Waals surface area (Å²) in [6, 6.07) is 7.53. The van der Waals surface area contributed by atoms with Crippen molar-refractivity contribution < 1.29 is 15.0 Å². The third-order valence-corrected chi connectivity index (χ3v) is 2.96. The Bertz CT molecular complexity index is 373. The van der Waals surface area contributed by atoms with E-state index >= 15 is 0 Å². The lowest BCUT2D eigenvalue weighted by atomic mass is 9.78. The van der Waals surface area contributed by atoms with E-state index in [0.717, 1.165) is 11.1 Å². The number of aryl methyl sites for hydroxylation is 1. The van der Waals surface area contributed by atoms with E-state index in [2.05, 4.69) is 0 Å². The van der Waals surface area contributed by atoms with Crippen LogP contribution in [0.5, 0.6) is 0 Å². The van der Waals surface area contributed by atoms with Crippen molar-refractivity contribution in [2.75, 3.05) is 6.61 Å². The normalized spacial score (nSPS) is 14.4. The van der Waals surface area contributed by atoms with Gasteiger partial charge in [0.15, 0.2) is 0 Å². The molecule has 1 aromatic carbocycles. The van der Waals surface area contributed by atoms with Gasteiger partial charge in [0, 0.05) is 6.61 Å². The predicted molar refractivity (Wildman–Crippen MR) is 62.5 cm³/mol. The molecule has 0 aliphatic carbocycles. The minimum atomic E-state index is -0.908. The number of carboxylic acids is 1. The number of aliphatic carboxylic acids is 1. The molecule has 0 aliphatic heterocycles. The molecular weight excluding hydrogens is 204 g/mol. The fourth-order valence-corrected chi connectivity index (χ4v) is 1.80. The van der Waals surface area contributed by atoms with E-state index in [1.807, 2.05) is 31.2 Å². The smallest absolute Gasteiger partial charge is 0.313 e. The summed E-state index contributed by atoms with van der Waals surface area (Å²) in [5.74, 6) is -0.841. The van der Waals surface area contributed by atoms with Crippen LogP contribution in [0.15, 0.2) is 24.3 Å². The molecule has 0 saturated carbocycles. The van der Waals surface area contributed by atoms with Crippen LogP contribution in [0.3, 0.4) is 0 Å². The monoisotopic (exact) mass is 222 g/mol. The fourth-order valence-electron chi connectivity index (χ4n) is 1.80. The zero-order chi connectivity index (χ0) is 12.2. The zero-order valence-corrected chi connectivity index (χ0v) is 9.73. The van der Waals surface area contributed by atoms with Gasteiger partial charge in [-0.3, -0.25) is 4.79 Å². The lowest BCUT2D eigenvalue weighted by Gasteiger charge is -2.25. The van der Waals surface area contributed by atoms with Crippen molar-refractivity contribution in [1.82, 2.24) is 0 Å². The highest BCUT2D eigenvalue weighted by Gasteiger charge is 2.34. The van der Waals surface area contributed by atoms with Gasteiger partial charge in [0.25, 0.3) is 0 Å². The Morgan fingerprint density at radius 1 is 1.44 bits per heavy atom. The maximum atomic E-state index is 11.4. The third-order valence-electron chi connectivity index (χ3n) is 2.96. The second-order valence-corrected chi connectivity index (χ2v) is 4.33. The van der Waals surface area contributed by atoms with Crippen LogP contribution < -0.4 is 0 Å². The molecule has 0 bridgehead atoms. The highest BCUT2D eigenvalue weighted by Crippen LogP contribution is 2.29. The predicted octanol–water partition coefficient (Wildman–Crippen LogP) is 2.11. The fraction of sp³-hybridized carbons (Fsp3) is 0.462. The molecule has 0 fully saturated rings. The summed E-state index contributed by atoms with van der Waals surface area (Å²) in [5, 5.41) is 18.1. The van der Waals surface area contributed by atoms with Crippen molar-refractivity contribution in [2.24, 2.45) is 0 Å². The van der Waals surface area contributed by atoms with Gasteiger partial charge < -0.3 is 10.2 Å². The first kappa shape index (κ1) is 12.7. The number of aliphatic hydroxyl groups is 1. The van der Waals surface area contributed by atoms with Crippen LogP contribution in [0.1, 0.15) is 30.9 Å². The Labute approximate surface area is 95.7 Å². The zero-order valence-electron chi connectivity index (χ0n) is 9.73. The second kappa shape index (κ2) is 5.12. The number of aliphatic hydroxyl groups excluding tert-OH is 1. The number of carboxylic acid groups (broad SMARTS) is 1. The van der Waals surface area contributed by atoms with E-state index in [-0.39, 0.29) is 6.61 Å². The number of carbonyl (C=O) groups is 1. The van der Waals surface area contributed by atoms with E-state index in [9.17, 15) is 9.90 Å². The van der Waals surface area contributed by atoms with Gasteiger partial charge in [0.05, 0.1) is 5.41 Å². The SMILES string of the molecule is Cc1cccc(C(C)(CCCO)C(=O)O)c1. The molecule has 88 valence electrons. The molecule has 0 aliphatic rings. The van der Waals surface area contributed by atoms with Crippen LogP contribution in [0.25, 0.3) is 0 Å². The van der Waals surface area contributed by atoms with Crippen LogP contribution in [-0.2, 0) is 10.2 Å². The number of hydrogen-bond donors (Lipinski definition) is 2. The Morgan fingerprint density at radius 2 is 2.12 bits per heavy atom. The van der Waals surface area contributed by atoms with E-state index in [4.69, 9.17) is 5.11 Å². The average Bonchev–Trinajstić information content (AvgIpc) is 2.25. The van der Waals surface area contributed by atoms with Gasteiger partial charge in [0.1, 0.15) is 0 Å². The van der Waals surface area contributed by atoms with Crippen LogP contribution >= 0.6 is 0 Å². The average molecular weight is 222 g/mol. The molecule has 0 saturated heterocycles. The van der Waals surface area contributed by atoms with Crippen molar-refractivity contribution in [3.05, 3.63) is 35.4 Å². The molecule has 0 radical (unpaired) electrons. The Balaban J connectivity index is 3.06. The van der Waals surface area contributed by atoms with Crippen molar-refractivity contribution >= 4 is 5.97 Å². The first-order chi connectivity index (χ1) is 7.50. The standard InChI is InChI=1S/C13H18O3/c1-10-5-3-6-11(9-10)13(2,12(15)16)7-4-8-14/h3,5-6,9,14H,4,7-8H2,1-2H3,(H,15,16). The molecule has 1 aromatic rings. The van der Waals surface area contributed by atoms with Crippen molar-refractivity contribution in [1.29, 1.82) is 0 Å². The summed E-state index contributed by atoms with van der Waals surface area (Å²) in [4.78, 5) is 11.4. The first-order valence-electron chi connectivity index (χ1n) is 5.42. The van der Waals surface area contributed by atoms with Gasteiger partial charge in [-0.15, -0.1) is 0 Å². The Hall–Kier alpha value is -1.35. The molecule has 1 rings (SSSR count). The maximum absolute atomic E-state index is 11.4. The summed E-state index contributed by atoms with van der Waals surface area (Å²) in [6.45, 7) is 3.67. The molecule has 0 spiro atoms. The van der Waals surface area contributed by atoms with Gasteiger partial charge in [-0.05, 0) is 32.3 Å². The van der Waals surface area contributed by atoms with Crippen LogP contribution in [0.4, 0.5) is 0 Å². The molecule has 16 heavy (non-hydrogen) atoms. The number of benzene rings is 1. The summed E-state index contributed by atoms with van der Waals surface area (Å²) >= 11 is 0. The lowest BCUT2D eigenvalue weighted by molar-refractivity contribution is -0.143. The molecule has 0 heterocycles. The van der Waals surface area contributed by atoms with E-state index < -0.39 is 11.4 Å². The highest BCUT2D eigenvalue weighted by atomic mass is 16.4. The van der Waals surface area contributed by atoms with Gasteiger partial charge >= 0.3 is 5.97 Å². The molecule has 3 heteroatoms. The number of hydrogen-bond acceptors (Lipinski definition) is 2. The van der Waals surface area contributed by atoms with Crippen LogP contribution in [0.2, 0.25) is 0 Å². The van der Waals surface area contributed by atoms with E-state index in [1.165, 1.54) is 0 Å².